The van der Waals surface area contributed by atoms with E-state index in [0.29, 0.717) is 26.1 Å². The molecule has 3 N–H and O–H groups in total. The van der Waals surface area contributed by atoms with Gasteiger partial charge in [0.25, 0.3) is 0 Å². The smallest absolute Gasteiger partial charge is 0.221 e. The Labute approximate surface area is 131 Å². The average molecular weight is 307 g/mol. The first-order valence-corrected chi connectivity index (χ1v) is 7.77. The van der Waals surface area contributed by atoms with Crippen LogP contribution in [0.4, 0.5) is 0 Å². The second kappa shape index (κ2) is 9.40. The molecule has 1 aliphatic rings. The third-order valence-electron chi connectivity index (χ3n) is 3.59. The number of amides is 1. The van der Waals surface area contributed by atoms with Crippen LogP contribution in [0, 0.1) is 0 Å². The molecule has 1 heterocycles. The zero-order valence-electron chi connectivity index (χ0n) is 12.9. The Bertz CT molecular complexity index is 462. The van der Waals surface area contributed by atoms with Gasteiger partial charge in [0.15, 0.2) is 0 Å². The van der Waals surface area contributed by atoms with Gasteiger partial charge in [-0.25, -0.2) is 0 Å². The van der Waals surface area contributed by atoms with E-state index >= 15 is 0 Å². The molecule has 0 spiro atoms. The summed E-state index contributed by atoms with van der Waals surface area (Å²) in [6.45, 7) is 5.86. The number of ether oxygens (including phenoxy) is 2. The van der Waals surface area contributed by atoms with Crippen LogP contribution in [0.3, 0.4) is 0 Å². The second-order valence-corrected chi connectivity index (χ2v) is 5.23. The highest BCUT2D eigenvalue weighted by Crippen LogP contribution is 2.17. The Morgan fingerprint density at radius 3 is 2.86 bits per heavy atom. The van der Waals surface area contributed by atoms with E-state index in [0.717, 1.165) is 44.2 Å². The number of rotatable bonds is 8. The van der Waals surface area contributed by atoms with Crippen LogP contribution in [0.2, 0.25) is 0 Å². The molecule has 0 aliphatic carbocycles. The maximum absolute atomic E-state index is 11.5. The summed E-state index contributed by atoms with van der Waals surface area (Å²) in [6, 6.07) is 7.78. The summed E-state index contributed by atoms with van der Waals surface area (Å²) in [5, 5.41) is 2.85. The number of para-hydroxylation sites is 1. The first-order chi connectivity index (χ1) is 10.8. The Kier molecular flexibility index (Phi) is 7.15. The van der Waals surface area contributed by atoms with E-state index < -0.39 is 0 Å². The number of hydrogen-bond donors (Lipinski definition) is 2. The predicted molar refractivity (Wildman–Crippen MR) is 84.7 cm³/mol. The molecule has 1 aromatic carbocycles. The first-order valence-electron chi connectivity index (χ1n) is 7.77. The lowest BCUT2D eigenvalue weighted by Gasteiger charge is -2.26. The van der Waals surface area contributed by atoms with Crippen molar-refractivity contribution in [2.24, 2.45) is 5.73 Å². The average Bonchev–Trinajstić information content (AvgIpc) is 2.55. The number of nitrogens with one attached hydrogen (secondary N) is 1. The van der Waals surface area contributed by atoms with Crippen LogP contribution in [0.15, 0.2) is 24.3 Å². The van der Waals surface area contributed by atoms with Gasteiger partial charge >= 0.3 is 0 Å². The van der Waals surface area contributed by atoms with Gasteiger partial charge in [-0.05, 0) is 6.07 Å². The molecular formula is C16H25N3O3. The minimum Gasteiger partial charge on any atom is -0.492 e. The van der Waals surface area contributed by atoms with Crippen LogP contribution in [0.25, 0.3) is 0 Å². The number of morpholine rings is 1. The van der Waals surface area contributed by atoms with Gasteiger partial charge in [0.1, 0.15) is 12.4 Å². The molecule has 22 heavy (non-hydrogen) atoms. The minimum atomic E-state index is -0.0365. The van der Waals surface area contributed by atoms with Crippen molar-refractivity contribution < 1.29 is 14.3 Å². The molecule has 1 aliphatic heterocycles. The van der Waals surface area contributed by atoms with Crippen molar-refractivity contribution in [2.75, 3.05) is 46.0 Å². The number of carbonyl (C=O) groups is 1. The zero-order chi connectivity index (χ0) is 15.6. The summed E-state index contributed by atoms with van der Waals surface area (Å²) in [7, 11) is 0. The van der Waals surface area contributed by atoms with Crippen LogP contribution in [-0.2, 0) is 16.1 Å². The van der Waals surface area contributed by atoms with Gasteiger partial charge in [0.2, 0.25) is 5.91 Å². The summed E-state index contributed by atoms with van der Waals surface area (Å²) in [5.41, 5.74) is 6.35. The van der Waals surface area contributed by atoms with Crippen LogP contribution in [-0.4, -0.2) is 56.8 Å². The van der Waals surface area contributed by atoms with E-state index in [1.165, 1.54) is 0 Å². The van der Waals surface area contributed by atoms with Crippen molar-refractivity contribution in [3.05, 3.63) is 29.8 Å². The van der Waals surface area contributed by atoms with Gasteiger partial charge in [-0.3, -0.25) is 9.69 Å². The monoisotopic (exact) mass is 307 g/mol. The quantitative estimate of drug-likeness (QED) is 0.725. The van der Waals surface area contributed by atoms with Crippen LogP contribution in [0.5, 0.6) is 5.75 Å². The minimum absolute atomic E-state index is 0.0365. The Balaban J connectivity index is 1.78. The van der Waals surface area contributed by atoms with Crippen LogP contribution in [0.1, 0.15) is 12.0 Å². The van der Waals surface area contributed by atoms with Gasteiger partial charge in [0, 0.05) is 44.7 Å². The summed E-state index contributed by atoms with van der Waals surface area (Å²) in [4.78, 5) is 13.8. The fraction of sp³-hybridized carbons (Fsp3) is 0.562. The molecule has 0 radical (unpaired) electrons. The van der Waals surface area contributed by atoms with Crippen LogP contribution < -0.4 is 15.8 Å². The Hall–Kier alpha value is -1.63. The van der Waals surface area contributed by atoms with E-state index in [1.54, 1.807) is 0 Å². The summed E-state index contributed by atoms with van der Waals surface area (Å²) < 4.78 is 11.2. The molecule has 2 rings (SSSR count). The van der Waals surface area contributed by atoms with Crippen LogP contribution >= 0.6 is 0 Å². The number of hydrogen-bond acceptors (Lipinski definition) is 5. The maximum Gasteiger partial charge on any atom is 0.221 e. The van der Waals surface area contributed by atoms with E-state index in [1.807, 2.05) is 24.3 Å². The largest absolute Gasteiger partial charge is 0.492 e. The van der Waals surface area contributed by atoms with E-state index in [2.05, 4.69) is 10.2 Å². The molecule has 1 aromatic rings. The molecule has 0 aromatic heterocycles. The Morgan fingerprint density at radius 2 is 2.09 bits per heavy atom. The fourth-order valence-electron chi connectivity index (χ4n) is 2.31. The van der Waals surface area contributed by atoms with Gasteiger partial charge in [-0.15, -0.1) is 0 Å². The Morgan fingerprint density at radius 1 is 1.32 bits per heavy atom. The standard InChI is InChI=1S/C16H25N3O3/c17-6-5-16(20)18-13-14-3-1-2-4-15(14)22-12-9-19-7-10-21-11-8-19/h1-4H,5-13,17H2,(H,18,20). The van der Waals surface area contributed by atoms with Crippen molar-refractivity contribution in [1.29, 1.82) is 0 Å². The molecule has 6 heteroatoms. The molecule has 0 atom stereocenters. The zero-order valence-corrected chi connectivity index (χ0v) is 12.9. The summed E-state index contributed by atoms with van der Waals surface area (Å²) in [6.07, 6.45) is 0.347. The summed E-state index contributed by atoms with van der Waals surface area (Å²) in [5.74, 6) is 0.787. The van der Waals surface area contributed by atoms with Gasteiger partial charge in [-0.1, -0.05) is 18.2 Å². The van der Waals surface area contributed by atoms with E-state index in [-0.39, 0.29) is 5.91 Å². The van der Waals surface area contributed by atoms with Crippen molar-refractivity contribution in [3.63, 3.8) is 0 Å². The van der Waals surface area contributed by atoms with E-state index in [9.17, 15) is 4.79 Å². The lowest BCUT2D eigenvalue weighted by molar-refractivity contribution is -0.121. The molecule has 122 valence electrons. The molecule has 1 amide bonds. The first kappa shape index (κ1) is 16.7. The highest BCUT2D eigenvalue weighted by Gasteiger charge is 2.10. The molecule has 0 saturated carbocycles. The third-order valence-corrected chi connectivity index (χ3v) is 3.59. The number of carbonyl (C=O) groups excluding carboxylic acids is 1. The third kappa shape index (κ3) is 5.63. The highest BCUT2D eigenvalue weighted by molar-refractivity contribution is 5.76. The molecule has 1 saturated heterocycles. The number of nitrogens with zero attached hydrogens (tertiary/aromatic N) is 1. The molecule has 0 bridgehead atoms. The molecule has 1 fully saturated rings. The molecular weight excluding hydrogens is 282 g/mol. The molecule has 0 unspecified atom stereocenters. The van der Waals surface area contributed by atoms with Crippen molar-refractivity contribution in [3.8, 4) is 5.75 Å². The normalized spacial score (nSPS) is 15.5. The van der Waals surface area contributed by atoms with Crippen molar-refractivity contribution >= 4 is 5.91 Å². The van der Waals surface area contributed by atoms with Crippen molar-refractivity contribution in [1.82, 2.24) is 10.2 Å². The highest BCUT2D eigenvalue weighted by atomic mass is 16.5. The van der Waals surface area contributed by atoms with Gasteiger partial charge in [0.05, 0.1) is 13.2 Å². The lowest BCUT2D eigenvalue weighted by Crippen LogP contribution is -2.38. The molecule has 6 nitrogen and oxygen atoms in total. The van der Waals surface area contributed by atoms with Gasteiger partial charge in [-0.2, -0.15) is 0 Å². The topological polar surface area (TPSA) is 76.8 Å². The SMILES string of the molecule is NCCC(=O)NCc1ccccc1OCCN1CCOCC1. The fourth-order valence-corrected chi connectivity index (χ4v) is 2.31. The van der Waals surface area contributed by atoms with Crippen molar-refractivity contribution in [2.45, 2.75) is 13.0 Å². The predicted octanol–water partition coefficient (Wildman–Crippen LogP) is 0.363. The maximum atomic E-state index is 11.5. The van der Waals surface area contributed by atoms with Gasteiger partial charge < -0.3 is 20.5 Å². The second-order valence-electron chi connectivity index (χ2n) is 5.23. The lowest BCUT2D eigenvalue weighted by atomic mass is 10.2. The number of nitrogens with two attached hydrogens (primary N) is 1. The number of benzene rings is 1. The van der Waals surface area contributed by atoms with E-state index in [4.69, 9.17) is 15.2 Å². The summed E-state index contributed by atoms with van der Waals surface area (Å²) >= 11 is 0.